The third kappa shape index (κ3) is 4.08. The summed E-state index contributed by atoms with van der Waals surface area (Å²) in [6.07, 6.45) is 4.81. The molecule has 22 heavy (non-hydrogen) atoms. The summed E-state index contributed by atoms with van der Waals surface area (Å²) >= 11 is 0. The Bertz CT molecular complexity index is 512. The zero-order valence-corrected chi connectivity index (χ0v) is 14.6. The van der Waals surface area contributed by atoms with Crippen molar-refractivity contribution in [3.63, 3.8) is 0 Å². The van der Waals surface area contributed by atoms with Crippen molar-refractivity contribution in [2.45, 2.75) is 58.9 Å². The Balaban J connectivity index is 0.00000242. The van der Waals surface area contributed by atoms with Gasteiger partial charge in [-0.1, -0.05) is 13.8 Å². The first-order valence-corrected chi connectivity index (χ1v) is 8.13. The van der Waals surface area contributed by atoms with E-state index in [4.69, 9.17) is 0 Å². The molecule has 0 saturated carbocycles. The molecule has 0 saturated heterocycles. The SMILES string of the molecule is CCCN(CCC)[C@H]1CCc2c(F)ccc(C(C)=O)c2C1.Cl. The molecule has 0 bridgehead atoms. The van der Waals surface area contributed by atoms with Gasteiger partial charge in [-0.15, -0.1) is 12.4 Å². The number of benzene rings is 1. The van der Waals surface area contributed by atoms with Crippen molar-refractivity contribution < 1.29 is 9.18 Å². The van der Waals surface area contributed by atoms with E-state index in [1.54, 1.807) is 13.0 Å². The Hall–Kier alpha value is -0.930. The third-order valence-corrected chi connectivity index (χ3v) is 4.46. The standard InChI is InChI=1S/C18H26FNO.ClH/c1-4-10-20(11-5-2)14-6-7-16-17(12-14)15(13(3)21)8-9-18(16)19;/h8-9,14H,4-7,10-12H2,1-3H3;1H/t14-;/m0./s1. The zero-order chi connectivity index (χ0) is 15.4. The van der Waals surface area contributed by atoms with Crippen LogP contribution in [0.2, 0.25) is 0 Å². The van der Waals surface area contributed by atoms with E-state index in [1.165, 1.54) is 6.07 Å². The van der Waals surface area contributed by atoms with Gasteiger partial charge < -0.3 is 4.90 Å². The van der Waals surface area contributed by atoms with Crippen LogP contribution in [0.1, 0.15) is 61.5 Å². The maximum atomic E-state index is 14.0. The Kier molecular flexibility index (Phi) is 7.51. The van der Waals surface area contributed by atoms with Gasteiger partial charge in [0.1, 0.15) is 5.82 Å². The molecule has 1 atom stereocenters. The predicted octanol–water partition coefficient (Wildman–Crippen LogP) is 4.43. The van der Waals surface area contributed by atoms with Crippen LogP contribution in [-0.4, -0.2) is 29.8 Å². The largest absolute Gasteiger partial charge is 0.300 e. The lowest BCUT2D eigenvalue weighted by molar-refractivity contribution is 0.101. The molecule has 0 N–H and O–H groups in total. The van der Waals surface area contributed by atoms with E-state index in [2.05, 4.69) is 18.7 Å². The molecule has 0 aromatic heterocycles. The number of rotatable bonds is 6. The monoisotopic (exact) mass is 327 g/mol. The van der Waals surface area contributed by atoms with Crippen molar-refractivity contribution >= 4 is 18.2 Å². The van der Waals surface area contributed by atoms with E-state index in [0.717, 1.165) is 56.3 Å². The van der Waals surface area contributed by atoms with E-state index >= 15 is 0 Å². The average molecular weight is 328 g/mol. The van der Waals surface area contributed by atoms with Gasteiger partial charge in [0.2, 0.25) is 0 Å². The highest BCUT2D eigenvalue weighted by molar-refractivity contribution is 5.96. The molecular formula is C18H27ClFNO. The van der Waals surface area contributed by atoms with Gasteiger partial charge in [0.15, 0.2) is 5.78 Å². The second kappa shape index (κ2) is 8.64. The molecular weight excluding hydrogens is 301 g/mol. The number of carbonyl (C=O) groups is 1. The van der Waals surface area contributed by atoms with Crippen LogP contribution in [0.25, 0.3) is 0 Å². The topological polar surface area (TPSA) is 20.3 Å². The molecule has 4 heteroatoms. The lowest BCUT2D eigenvalue weighted by atomic mass is 9.83. The molecule has 0 fully saturated rings. The highest BCUT2D eigenvalue weighted by Gasteiger charge is 2.27. The summed E-state index contributed by atoms with van der Waals surface area (Å²) in [5.74, 6) is -0.101. The van der Waals surface area contributed by atoms with Crippen LogP contribution in [0, 0.1) is 5.82 Å². The van der Waals surface area contributed by atoms with Crippen molar-refractivity contribution in [1.29, 1.82) is 0 Å². The number of hydrogen-bond donors (Lipinski definition) is 0. The van der Waals surface area contributed by atoms with Gasteiger partial charge in [-0.3, -0.25) is 4.79 Å². The highest BCUT2D eigenvalue weighted by atomic mass is 35.5. The van der Waals surface area contributed by atoms with E-state index in [1.807, 2.05) is 0 Å². The van der Waals surface area contributed by atoms with Crippen molar-refractivity contribution in [2.75, 3.05) is 13.1 Å². The molecule has 1 aliphatic carbocycles. The quantitative estimate of drug-likeness (QED) is 0.720. The van der Waals surface area contributed by atoms with Crippen molar-refractivity contribution in [2.24, 2.45) is 0 Å². The summed E-state index contributed by atoms with van der Waals surface area (Å²) in [5, 5.41) is 0. The highest BCUT2D eigenvalue weighted by Crippen LogP contribution is 2.30. The molecule has 0 aliphatic heterocycles. The van der Waals surface area contributed by atoms with Gasteiger partial charge in [0, 0.05) is 11.6 Å². The van der Waals surface area contributed by atoms with Crippen LogP contribution in [0.3, 0.4) is 0 Å². The van der Waals surface area contributed by atoms with Crippen molar-refractivity contribution in [3.8, 4) is 0 Å². The molecule has 0 spiro atoms. The van der Waals surface area contributed by atoms with Crippen LogP contribution in [-0.2, 0) is 12.8 Å². The summed E-state index contributed by atoms with van der Waals surface area (Å²) in [6, 6.07) is 3.55. The molecule has 1 aliphatic rings. The summed E-state index contributed by atoms with van der Waals surface area (Å²) in [5.41, 5.74) is 2.44. The first-order valence-electron chi connectivity index (χ1n) is 8.13. The number of hydrogen-bond acceptors (Lipinski definition) is 2. The van der Waals surface area contributed by atoms with Gasteiger partial charge in [0.05, 0.1) is 0 Å². The van der Waals surface area contributed by atoms with E-state index in [0.29, 0.717) is 11.6 Å². The Morgan fingerprint density at radius 3 is 2.41 bits per heavy atom. The van der Waals surface area contributed by atoms with Crippen LogP contribution in [0.4, 0.5) is 4.39 Å². The molecule has 1 aromatic rings. The number of carbonyl (C=O) groups excluding carboxylic acids is 1. The van der Waals surface area contributed by atoms with Crippen LogP contribution in [0.5, 0.6) is 0 Å². The molecule has 0 heterocycles. The minimum Gasteiger partial charge on any atom is -0.300 e. The molecule has 2 rings (SSSR count). The van der Waals surface area contributed by atoms with Crippen LogP contribution < -0.4 is 0 Å². The number of fused-ring (bicyclic) bond motifs is 1. The molecule has 0 unspecified atom stereocenters. The number of halogens is 2. The number of ketones is 1. The van der Waals surface area contributed by atoms with E-state index in [-0.39, 0.29) is 24.0 Å². The molecule has 0 amide bonds. The van der Waals surface area contributed by atoms with E-state index in [9.17, 15) is 9.18 Å². The first-order chi connectivity index (χ1) is 10.1. The fourth-order valence-corrected chi connectivity index (χ4v) is 3.51. The maximum Gasteiger partial charge on any atom is 0.160 e. The number of Topliss-reactive ketones (excluding diaryl/α,β-unsaturated/α-hetero) is 1. The minimum absolute atomic E-state index is 0. The Labute approximate surface area is 139 Å². The second-order valence-corrected chi connectivity index (χ2v) is 6.04. The zero-order valence-electron chi connectivity index (χ0n) is 13.8. The normalized spacial score (nSPS) is 17.0. The fraction of sp³-hybridized carbons (Fsp3) is 0.611. The fourth-order valence-electron chi connectivity index (χ4n) is 3.51. The molecule has 2 nitrogen and oxygen atoms in total. The van der Waals surface area contributed by atoms with E-state index < -0.39 is 0 Å². The average Bonchev–Trinajstić information content (AvgIpc) is 2.46. The van der Waals surface area contributed by atoms with Crippen LogP contribution >= 0.6 is 12.4 Å². The van der Waals surface area contributed by atoms with Crippen molar-refractivity contribution in [1.82, 2.24) is 4.90 Å². The lowest BCUT2D eigenvalue weighted by Gasteiger charge is -2.35. The maximum absolute atomic E-state index is 14.0. The summed E-state index contributed by atoms with van der Waals surface area (Å²) in [4.78, 5) is 14.3. The molecule has 124 valence electrons. The summed E-state index contributed by atoms with van der Waals surface area (Å²) in [6.45, 7) is 8.13. The molecule has 1 aromatic carbocycles. The lowest BCUT2D eigenvalue weighted by Crippen LogP contribution is -2.41. The van der Waals surface area contributed by atoms with Gasteiger partial charge in [0.25, 0.3) is 0 Å². The van der Waals surface area contributed by atoms with Crippen LogP contribution in [0.15, 0.2) is 12.1 Å². The van der Waals surface area contributed by atoms with Gasteiger partial charge in [-0.25, -0.2) is 4.39 Å². The second-order valence-electron chi connectivity index (χ2n) is 6.04. The van der Waals surface area contributed by atoms with Gasteiger partial charge in [-0.2, -0.15) is 0 Å². The summed E-state index contributed by atoms with van der Waals surface area (Å²) in [7, 11) is 0. The summed E-state index contributed by atoms with van der Waals surface area (Å²) < 4.78 is 14.0. The smallest absolute Gasteiger partial charge is 0.160 e. The van der Waals surface area contributed by atoms with Gasteiger partial charge >= 0.3 is 0 Å². The number of nitrogens with zero attached hydrogens (tertiary/aromatic N) is 1. The first kappa shape index (κ1) is 19.1. The predicted molar refractivity (Wildman–Crippen MR) is 91.6 cm³/mol. The van der Waals surface area contributed by atoms with Gasteiger partial charge in [-0.05, 0) is 75.4 Å². The van der Waals surface area contributed by atoms with Crippen molar-refractivity contribution in [3.05, 3.63) is 34.6 Å². The Morgan fingerprint density at radius 1 is 1.23 bits per heavy atom. The minimum atomic E-state index is -0.147. The Morgan fingerprint density at radius 2 is 1.86 bits per heavy atom. The third-order valence-electron chi connectivity index (χ3n) is 4.46. The molecule has 0 radical (unpaired) electrons.